The molecule has 0 saturated carbocycles. The molecule has 1 N–H and O–H groups in total. The van der Waals surface area contributed by atoms with Gasteiger partial charge in [-0.2, -0.15) is 0 Å². The molecule has 0 bridgehead atoms. The van der Waals surface area contributed by atoms with Crippen LogP contribution in [0.1, 0.15) is 43.9 Å². The molecule has 0 saturated heterocycles. The molecule has 1 aromatic carbocycles. The number of aliphatic hydroxyl groups excluding tert-OH is 1. The van der Waals surface area contributed by atoms with E-state index in [1.54, 1.807) is 0 Å². The normalized spacial score (nSPS) is 27.4. The Hall–Kier alpha value is -1.28. The average Bonchev–Trinajstić information content (AvgIpc) is 2.83. The maximum absolute atomic E-state index is 10.6. The van der Waals surface area contributed by atoms with E-state index in [0.29, 0.717) is 11.8 Å². The summed E-state index contributed by atoms with van der Waals surface area (Å²) in [6.45, 7) is 5.18. The van der Waals surface area contributed by atoms with E-state index in [1.807, 2.05) is 12.1 Å². The number of hydrogen-bond donors (Lipinski definition) is 1. The van der Waals surface area contributed by atoms with Crippen LogP contribution in [0.2, 0.25) is 0 Å². The summed E-state index contributed by atoms with van der Waals surface area (Å²) in [6, 6.07) is 6.16. The molecule has 3 atom stereocenters. The molecule has 0 radical (unpaired) electrons. The molecule has 19 heavy (non-hydrogen) atoms. The molecule has 1 heterocycles. The Morgan fingerprint density at radius 3 is 3.00 bits per heavy atom. The van der Waals surface area contributed by atoms with Crippen LogP contribution in [0.3, 0.4) is 0 Å². The summed E-state index contributed by atoms with van der Waals surface area (Å²) < 4.78 is 5.52. The van der Waals surface area contributed by atoms with Crippen LogP contribution in [0.15, 0.2) is 29.8 Å². The second-order valence-corrected chi connectivity index (χ2v) is 6.10. The van der Waals surface area contributed by atoms with Crippen molar-refractivity contribution in [1.29, 1.82) is 0 Å². The largest absolute Gasteiger partial charge is 0.493 e. The van der Waals surface area contributed by atoms with Crippen molar-refractivity contribution in [2.45, 2.75) is 39.2 Å². The van der Waals surface area contributed by atoms with E-state index < -0.39 is 0 Å². The summed E-state index contributed by atoms with van der Waals surface area (Å²) in [4.78, 5) is 0. The lowest BCUT2D eigenvalue weighted by Crippen LogP contribution is -2.19. The van der Waals surface area contributed by atoms with Crippen molar-refractivity contribution in [1.82, 2.24) is 0 Å². The van der Waals surface area contributed by atoms with Crippen molar-refractivity contribution in [3.8, 4) is 5.75 Å². The highest BCUT2D eigenvalue weighted by Crippen LogP contribution is 2.38. The van der Waals surface area contributed by atoms with Gasteiger partial charge in [-0.15, -0.1) is 0 Å². The third kappa shape index (κ3) is 2.55. The Kier molecular flexibility index (Phi) is 3.36. The van der Waals surface area contributed by atoms with Gasteiger partial charge in [-0.1, -0.05) is 24.6 Å². The first-order valence-corrected chi connectivity index (χ1v) is 7.24. The molecule has 3 unspecified atom stereocenters. The molecule has 1 aliphatic carbocycles. The van der Waals surface area contributed by atoms with Gasteiger partial charge in [-0.3, -0.25) is 0 Å². The maximum Gasteiger partial charge on any atom is 0.122 e. The molecular formula is C17H22O2. The van der Waals surface area contributed by atoms with Gasteiger partial charge in [0.05, 0.1) is 12.7 Å². The number of benzene rings is 1. The lowest BCUT2D eigenvalue weighted by atomic mass is 9.78. The van der Waals surface area contributed by atoms with Gasteiger partial charge >= 0.3 is 0 Å². The van der Waals surface area contributed by atoms with Crippen molar-refractivity contribution < 1.29 is 9.84 Å². The Morgan fingerprint density at radius 2 is 2.21 bits per heavy atom. The Bertz CT molecular complexity index is 504. The molecular weight excluding hydrogens is 236 g/mol. The van der Waals surface area contributed by atoms with Gasteiger partial charge in [-0.25, -0.2) is 0 Å². The summed E-state index contributed by atoms with van der Waals surface area (Å²) in [5, 5.41) is 10.6. The van der Waals surface area contributed by atoms with Crippen molar-refractivity contribution in [2.75, 3.05) is 6.61 Å². The fourth-order valence-corrected chi connectivity index (χ4v) is 3.50. The fourth-order valence-electron chi connectivity index (χ4n) is 3.50. The summed E-state index contributed by atoms with van der Waals surface area (Å²) in [6.07, 6.45) is 5.04. The van der Waals surface area contributed by atoms with E-state index in [2.05, 4.69) is 26.0 Å². The van der Waals surface area contributed by atoms with Gasteiger partial charge < -0.3 is 9.84 Å². The first-order valence-electron chi connectivity index (χ1n) is 7.24. The minimum Gasteiger partial charge on any atom is -0.493 e. The Morgan fingerprint density at radius 1 is 1.37 bits per heavy atom. The van der Waals surface area contributed by atoms with Crippen molar-refractivity contribution >= 4 is 0 Å². The zero-order chi connectivity index (χ0) is 13.4. The molecule has 0 spiro atoms. The van der Waals surface area contributed by atoms with Gasteiger partial charge in [0.1, 0.15) is 5.75 Å². The lowest BCUT2D eigenvalue weighted by molar-refractivity contribution is 0.0932. The van der Waals surface area contributed by atoms with Crippen LogP contribution in [0.25, 0.3) is 0 Å². The number of allylic oxidation sites excluding steroid dienone is 2. The van der Waals surface area contributed by atoms with E-state index in [0.717, 1.165) is 37.2 Å². The second kappa shape index (κ2) is 5.01. The summed E-state index contributed by atoms with van der Waals surface area (Å²) in [5.74, 6) is 1.91. The molecule has 2 aliphatic rings. The van der Waals surface area contributed by atoms with Crippen molar-refractivity contribution in [2.24, 2.45) is 11.8 Å². The lowest BCUT2D eigenvalue weighted by Gasteiger charge is -2.29. The van der Waals surface area contributed by atoms with Gasteiger partial charge in [0.15, 0.2) is 0 Å². The van der Waals surface area contributed by atoms with Crippen LogP contribution in [0, 0.1) is 11.8 Å². The first-order chi connectivity index (χ1) is 9.13. The van der Waals surface area contributed by atoms with Crippen molar-refractivity contribution in [3.63, 3.8) is 0 Å². The standard InChI is InChI=1S/C17H22O2/c1-11-7-12(2)9-15(8-11)17(18)14-3-4-16-13(10-14)5-6-19-16/h3-4,7,10-11,15,17-18H,5-6,8-9H2,1-2H3. The second-order valence-electron chi connectivity index (χ2n) is 6.10. The number of hydrogen-bond acceptors (Lipinski definition) is 2. The van der Waals surface area contributed by atoms with Crippen LogP contribution >= 0.6 is 0 Å². The van der Waals surface area contributed by atoms with Gasteiger partial charge in [0.25, 0.3) is 0 Å². The van der Waals surface area contributed by atoms with Crippen LogP contribution in [0.4, 0.5) is 0 Å². The van der Waals surface area contributed by atoms with Crippen molar-refractivity contribution in [3.05, 3.63) is 41.0 Å². The highest BCUT2D eigenvalue weighted by Gasteiger charge is 2.26. The van der Waals surface area contributed by atoms with Gasteiger partial charge in [-0.05, 0) is 54.9 Å². The molecule has 0 aromatic heterocycles. The highest BCUT2D eigenvalue weighted by molar-refractivity contribution is 5.40. The smallest absolute Gasteiger partial charge is 0.122 e. The highest BCUT2D eigenvalue weighted by atomic mass is 16.5. The Balaban J connectivity index is 1.80. The molecule has 1 aliphatic heterocycles. The zero-order valence-electron chi connectivity index (χ0n) is 11.7. The van der Waals surface area contributed by atoms with Crippen LogP contribution in [0.5, 0.6) is 5.75 Å². The number of fused-ring (bicyclic) bond motifs is 1. The molecule has 1 aromatic rings. The summed E-state index contributed by atoms with van der Waals surface area (Å²) in [5.41, 5.74) is 3.70. The molecule has 0 amide bonds. The van der Waals surface area contributed by atoms with Crippen LogP contribution in [-0.2, 0) is 6.42 Å². The van der Waals surface area contributed by atoms with E-state index in [1.165, 1.54) is 11.1 Å². The summed E-state index contributed by atoms with van der Waals surface area (Å²) in [7, 11) is 0. The number of aliphatic hydroxyl groups is 1. The minimum atomic E-state index is -0.350. The first kappa shape index (κ1) is 12.7. The average molecular weight is 258 g/mol. The molecule has 2 nitrogen and oxygen atoms in total. The quantitative estimate of drug-likeness (QED) is 0.821. The van der Waals surface area contributed by atoms with E-state index in [9.17, 15) is 5.11 Å². The topological polar surface area (TPSA) is 29.5 Å². The van der Waals surface area contributed by atoms with Crippen LogP contribution in [-0.4, -0.2) is 11.7 Å². The van der Waals surface area contributed by atoms with Gasteiger partial charge in [0.2, 0.25) is 0 Å². The molecule has 102 valence electrons. The Labute approximate surface area is 115 Å². The number of rotatable bonds is 2. The van der Waals surface area contributed by atoms with E-state index in [4.69, 9.17) is 4.74 Å². The van der Waals surface area contributed by atoms with Crippen LogP contribution < -0.4 is 4.74 Å². The molecule has 3 rings (SSSR count). The third-order valence-electron chi connectivity index (χ3n) is 4.33. The summed E-state index contributed by atoms with van der Waals surface area (Å²) >= 11 is 0. The zero-order valence-corrected chi connectivity index (χ0v) is 11.7. The predicted molar refractivity (Wildman–Crippen MR) is 76.2 cm³/mol. The molecule has 2 heteroatoms. The maximum atomic E-state index is 10.6. The number of ether oxygens (including phenoxy) is 1. The SMILES string of the molecule is CC1=CC(C)CC(C(O)c2ccc3c(c2)CCO3)C1. The predicted octanol–water partition coefficient (Wildman–Crippen LogP) is 3.65. The van der Waals surface area contributed by atoms with Gasteiger partial charge in [0, 0.05) is 6.42 Å². The molecule has 0 fully saturated rings. The van der Waals surface area contributed by atoms with E-state index >= 15 is 0 Å². The van der Waals surface area contributed by atoms with E-state index in [-0.39, 0.29) is 6.10 Å². The minimum absolute atomic E-state index is 0.348. The fraction of sp³-hybridized carbons (Fsp3) is 0.529. The third-order valence-corrected chi connectivity index (χ3v) is 4.33. The monoisotopic (exact) mass is 258 g/mol.